The molecule has 1 aliphatic carbocycles. The van der Waals surface area contributed by atoms with E-state index in [1.807, 2.05) is 0 Å². The van der Waals surface area contributed by atoms with Gasteiger partial charge in [0.2, 0.25) is 0 Å². The minimum atomic E-state index is 0.643. The minimum absolute atomic E-state index is 0.643. The smallest absolute Gasteiger partial charge is 0.0264 e. The van der Waals surface area contributed by atoms with Crippen LogP contribution in [0.25, 0.3) is 0 Å². The van der Waals surface area contributed by atoms with Crippen molar-refractivity contribution in [3.05, 3.63) is 0 Å². The Morgan fingerprint density at radius 2 is 1.62 bits per heavy atom. The Bertz CT molecular complexity index is 206. The van der Waals surface area contributed by atoms with Crippen molar-refractivity contribution in [2.24, 2.45) is 29.1 Å². The van der Waals surface area contributed by atoms with E-state index in [0.717, 1.165) is 23.7 Å². The molecule has 0 radical (unpaired) electrons. The van der Waals surface area contributed by atoms with E-state index in [4.69, 9.17) is 0 Å². The third-order valence-corrected chi connectivity index (χ3v) is 5.12. The summed E-state index contributed by atoms with van der Waals surface area (Å²) in [5, 5.41) is 0. The van der Waals surface area contributed by atoms with Gasteiger partial charge in [0, 0.05) is 0 Å². The maximum atomic E-state index is 2.56. The maximum absolute atomic E-state index is 2.56. The van der Waals surface area contributed by atoms with Gasteiger partial charge >= 0.3 is 0 Å². The van der Waals surface area contributed by atoms with E-state index >= 15 is 0 Å². The molecule has 0 bridgehead atoms. The molecule has 1 saturated carbocycles. The first-order valence-electron chi connectivity index (χ1n) is 7.47. The molecule has 1 rings (SSSR count). The average molecular weight is 224 g/mol. The van der Waals surface area contributed by atoms with Gasteiger partial charge in [0.1, 0.15) is 0 Å². The summed E-state index contributed by atoms with van der Waals surface area (Å²) in [5.41, 5.74) is 0.643. The predicted molar refractivity (Wildman–Crippen MR) is 73.5 cm³/mol. The van der Waals surface area contributed by atoms with Crippen LogP contribution in [0.3, 0.4) is 0 Å². The molecular formula is C16H32. The van der Waals surface area contributed by atoms with Crippen molar-refractivity contribution in [2.75, 3.05) is 0 Å². The first-order valence-corrected chi connectivity index (χ1v) is 7.47. The zero-order valence-electron chi connectivity index (χ0n) is 12.3. The van der Waals surface area contributed by atoms with Crippen molar-refractivity contribution < 1.29 is 0 Å². The van der Waals surface area contributed by atoms with Crippen molar-refractivity contribution in [2.45, 2.75) is 73.6 Å². The molecule has 0 aliphatic heterocycles. The molecule has 0 aromatic carbocycles. The average Bonchev–Trinajstić information content (AvgIpc) is 2.22. The van der Waals surface area contributed by atoms with Crippen LogP contribution in [0.2, 0.25) is 0 Å². The summed E-state index contributed by atoms with van der Waals surface area (Å²) in [6.45, 7) is 14.5. The highest BCUT2D eigenvalue weighted by Gasteiger charge is 2.54. The molecule has 16 heavy (non-hydrogen) atoms. The topological polar surface area (TPSA) is 0 Å². The van der Waals surface area contributed by atoms with E-state index in [1.165, 1.54) is 32.1 Å². The van der Waals surface area contributed by atoms with Gasteiger partial charge in [-0.15, -0.1) is 0 Å². The predicted octanol–water partition coefficient (Wildman–Crippen LogP) is 5.52. The largest absolute Gasteiger partial charge is 0.0654 e. The molecule has 1 aliphatic rings. The molecule has 4 unspecified atom stereocenters. The first kappa shape index (κ1) is 14.1. The Kier molecular flexibility index (Phi) is 4.88. The molecule has 0 aromatic heterocycles. The Morgan fingerprint density at radius 1 is 1.06 bits per heavy atom. The van der Waals surface area contributed by atoms with E-state index in [0.29, 0.717) is 5.41 Å². The van der Waals surface area contributed by atoms with Gasteiger partial charge in [-0.25, -0.2) is 0 Å². The second kappa shape index (κ2) is 5.56. The number of rotatable bonds is 6. The van der Waals surface area contributed by atoms with Gasteiger partial charge in [-0.3, -0.25) is 0 Å². The molecular weight excluding hydrogens is 192 g/mol. The summed E-state index contributed by atoms with van der Waals surface area (Å²) in [6.07, 6.45) is 7.08. The lowest BCUT2D eigenvalue weighted by Crippen LogP contribution is -2.54. The standard InChI is InChI=1S/C16H32/c1-7-9-14-13(5)16(6,11-12(3)4)15(14)10-8-2/h12-15H,7-11H2,1-6H3. The number of hydrogen-bond donors (Lipinski definition) is 0. The Labute approximate surface area is 103 Å². The van der Waals surface area contributed by atoms with Crippen LogP contribution in [0.15, 0.2) is 0 Å². The fraction of sp³-hybridized carbons (Fsp3) is 1.00. The Balaban J connectivity index is 2.69. The second-order valence-corrected chi connectivity index (χ2v) is 6.74. The zero-order chi connectivity index (χ0) is 12.3. The molecule has 1 fully saturated rings. The minimum Gasteiger partial charge on any atom is -0.0654 e. The Morgan fingerprint density at radius 3 is 2.06 bits per heavy atom. The van der Waals surface area contributed by atoms with E-state index in [1.54, 1.807) is 0 Å². The summed E-state index contributed by atoms with van der Waals surface area (Å²) in [6, 6.07) is 0. The zero-order valence-corrected chi connectivity index (χ0v) is 12.3. The van der Waals surface area contributed by atoms with E-state index in [9.17, 15) is 0 Å². The molecule has 4 atom stereocenters. The highest BCUT2D eigenvalue weighted by atomic mass is 14.6. The third kappa shape index (κ3) is 2.46. The maximum Gasteiger partial charge on any atom is -0.0264 e. The second-order valence-electron chi connectivity index (χ2n) is 6.74. The molecule has 0 aromatic rings. The van der Waals surface area contributed by atoms with Gasteiger partial charge in [0.05, 0.1) is 0 Å². The fourth-order valence-electron chi connectivity index (χ4n) is 4.40. The van der Waals surface area contributed by atoms with Gasteiger partial charge in [-0.05, 0) is 41.9 Å². The van der Waals surface area contributed by atoms with Crippen LogP contribution in [-0.2, 0) is 0 Å². The van der Waals surface area contributed by atoms with Crippen molar-refractivity contribution in [1.29, 1.82) is 0 Å². The van der Waals surface area contributed by atoms with Crippen LogP contribution in [0.1, 0.15) is 73.6 Å². The summed E-state index contributed by atoms with van der Waals surface area (Å²) >= 11 is 0. The SMILES string of the molecule is CCCC1C(C)C(C)(CC(C)C)C1CCC. The van der Waals surface area contributed by atoms with Gasteiger partial charge in [-0.2, -0.15) is 0 Å². The van der Waals surface area contributed by atoms with Crippen LogP contribution in [-0.4, -0.2) is 0 Å². The van der Waals surface area contributed by atoms with Crippen molar-refractivity contribution in [3.63, 3.8) is 0 Å². The third-order valence-electron chi connectivity index (χ3n) is 5.12. The monoisotopic (exact) mass is 224 g/mol. The van der Waals surface area contributed by atoms with Gasteiger partial charge in [-0.1, -0.05) is 60.8 Å². The summed E-state index contributed by atoms with van der Waals surface area (Å²) in [7, 11) is 0. The summed E-state index contributed by atoms with van der Waals surface area (Å²) in [4.78, 5) is 0. The summed E-state index contributed by atoms with van der Waals surface area (Å²) in [5.74, 6) is 3.84. The van der Waals surface area contributed by atoms with Crippen molar-refractivity contribution >= 4 is 0 Å². The molecule has 0 nitrogen and oxygen atoms in total. The molecule has 96 valence electrons. The Hall–Kier alpha value is 0. The highest BCUT2D eigenvalue weighted by molar-refractivity contribution is 5.03. The number of hydrogen-bond acceptors (Lipinski definition) is 0. The van der Waals surface area contributed by atoms with Crippen molar-refractivity contribution in [3.8, 4) is 0 Å². The molecule has 0 saturated heterocycles. The van der Waals surface area contributed by atoms with Gasteiger partial charge in [0.15, 0.2) is 0 Å². The van der Waals surface area contributed by atoms with Crippen LogP contribution < -0.4 is 0 Å². The van der Waals surface area contributed by atoms with E-state index in [2.05, 4.69) is 41.5 Å². The van der Waals surface area contributed by atoms with E-state index < -0.39 is 0 Å². The molecule has 0 heterocycles. The lowest BCUT2D eigenvalue weighted by molar-refractivity contribution is -0.121. The molecule has 0 amide bonds. The first-order chi connectivity index (χ1) is 7.47. The normalized spacial score (nSPS) is 38.8. The molecule has 0 spiro atoms. The molecule has 0 N–H and O–H groups in total. The lowest BCUT2D eigenvalue weighted by Gasteiger charge is -2.61. The quantitative estimate of drug-likeness (QED) is 0.557. The van der Waals surface area contributed by atoms with Crippen LogP contribution in [0.4, 0.5) is 0 Å². The molecule has 0 heteroatoms. The fourth-order valence-corrected chi connectivity index (χ4v) is 4.40. The van der Waals surface area contributed by atoms with Crippen LogP contribution in [0.5, 0.6) is 0 Å². The van der Waals surface area contributed by atoms with Crippen molar-refractivity contribution in [1.82, 2.24) is 0 Å². The van der Waals surface area contributed by atoms with Crippen LogP contribution >= 0.6 is 0 Å². The summed E-state index contributed by atoms with van der Waals surface area (Å²) < 4.78 is 0. The van der Waals surface area contributed by atoms with Gasteiger partial charge in [0.25, 0.3) is 0 Å². The highest BCUT2D eigenvalue weighted by Crippen LogP contribution is 2.61. The van der Waals surface area contributed by atoms with E-state index in [-0.39, 0.29) is 0 Å². The lowest BCUT2D eigenvalue weighted by atomic mass is 9.44. The van der Waals surface area contributed by atoms with Gasteiger partial charge < -0.3 is 0 Å². The van der Waals surface area contributed by atoms with Crippen LogP contribution in [0, 0.1) is 29.1 Å².